The van der Waals surface area contributed by atoms with Gasteiger partial charge in [0.2, 0.25) is 5.78 Å². The van der Waals surface area contributed by atoms with Crippen molar-refractivity contribution < 1.29 is 19.0 Å². The van der Waals surface area contributed by atoms with Gasteiger partial charge in [-0.15, -0.1) is 0 Å². The molecule has 0 aliphatic carbocycles. The van der Waals surface area contributed by atoms with E-state index in [4.69, 9.17) is 14.2 Å². The molecule has 0 spiro atoms. The highest BCUT2D eigenvalue weighted by molar-refractivity contribution is 6.15. The second-order valence-electron chi connectivity index (χ2n) is 8.55. The minimum absolute atomic E-state index is 0.0968. The third kappa shape index (κ3) is 4.24. The van der Waals surface area contributed by atoms with Crippen LogP contribution in [0.3, 0.4) is 0 Å². The highest BCUT2D eigenvalue weighted by atomic mass is 16.5. The molecule has 0 amide bonds. The second kappa shape index (κ2) is 8.75. The Kier molecular flexibility index (Phi) is 5.65. The Morgan fingerprint density at radius 2 is 1.79 bits per heavy atom. The topological polar surface area (TPSA) is 48.0 Å². The van der Waals surface area contributed by atoms with E-state index in [1.807, 2.05) is 44.2 Å². The highest BCUT2D eigenvalue weighted by Gasteiger charge is 2.33. The molecule has 0 atom stereocenters. The van der Waals surface area contributed by atoms with E-state index in [0.29, 0.717) is 30.4 Å². The Hall–Kier alpha value is -3.57. The van der Waals surface area contributed by atoms with Crippen LogP contribution < -0.4 is 14.2 Å². The van der Waals surface area contributed by atoms with Crippen LogP contribution in [0.25, 0.3) is 6.08 Å². The molecule has 5 heteroatoms. The number of fused-ring (bicyclic) bond motifs is 2. The maximum absolute atomic E-state index is 13.1. The van der Waals surface area contributed by atoms with Gasteiger partial charge in [-0.1, -0.05) is 42.0 Å². The fraction of sp³-hybridized carbons (Fsp3) is 0.250. The molecule has 5 rings (SSSR count). The summed E-state index contributed by atoms with van der Waals surface area (Å²) in [5.74, 6) is 2.46. The predicted molar refractivity (Wildman–Crippen MR) is 128 cm³/mol. The van der Waals surface area contributed by atoms with Crippen LogP contribution in [0.5, 0.6) is 17.2 Å². The van der Waals surface area contributed by atoms with Gasteiger partial charge in [0, 0.05) is 24.2 Å². The van der Waals surface area contributed by atoms with Gasteiger partial charge in [0.1, 0.15) is 24.0 Å². The molecule has 0 saturated carbocycles. The van der Waals surface area contributed by atoms with Gasteiger partial charge in [-0.05, 0) is 56.2 Å². The van der Waals surface area contributed by atoms with Crippen molar-refractivity contribution in [1.29, 1.82) is 0 Å². The number of carbonyl (C=O) groups excluding carboxylic acids is 1. The van der Waals surface area contributed by atoms with Gasteiger partial charge in [0.25, 0.3) is 0 Å². The molecule has 5 nitrogen and oxygen atoms in total. The summed E-state index contributed by atoms with van der Waals surface area (Å²) in [5.41, 5.74) is 5.87. The van der Waals surface area contributed by atoms with Crippen molar-refractivity contribution in [2.45, 2.75) is 33.9 Å². The minimum Gasteiger partial charge on any atom is -0.494 e. The number of hydrogen-bond acceptors (Lipinski definition) is 5. The zero-order valence-corrected chi connectivity index (χ0v) is 19.2. The van der Waals surface area contributed by atoms with Crippen molar-refractivity contribution in [2.24, 2.45) is 0 Å². The average Bonchev–Trinajstić information content (AvgIpc) is 3.12. The number of ether oxygens (including phenoxy) is 3. The molecule has 168 valence electrons. The molecule has 2 aliphatic rings. The summed E-state index contributed by atoms with van der Waals surface area (Å²) in [6.07, 6.45) is 1.78. The van der Waals surface area contributed by atoms with Gasteiger partial charge >= 0.3 is 0 Å². The molecule has 0 aromatic heterocycles. The molecule has 2 aliphatic heterocycles. The first kappa shape index (κ1) is 21.3. The standard InChI is InChI=1S/C28H27NO4/c1-4-31-23-11-9-20(10-12-23)13-25-26(30)24-14-22-16-29(15-21-7-5-18(2)6-8-21)17-32-27(22)19(3)28(24)33-25/h5-14H,4,15-17H2,1-3H3/b25-13-. The summed E-state index contributed by atoms with van der Waals surface area (Å²) in [7, 11) is 0. The Morgan fingerprint density at radius 1 is 1.03 bits per heavy atom. The third-order valence-corrected chi connectivity index (χ3v) is 6.02. The second-order valence-corrected chi connectivity index (χ2v) is 8.55. The number of Topliss-reactive ketones (excluding diaryl/α,β-unsaturated/α-hetero) is 1. The van der Waals surface area contributed by atoms with Crippen LogP contribution in [0.2, 0.25) is 0 Å². The van der Waals surface area contributed by atoms with Crippen molar-refractivity contribution in [3.8, 4) is 17.2 Å². The maximum atomic E-state index is 13.1. The SMILES string of the molecule is CCOc1ccc(/C=C2\Oc3c(cc4c(c3C)OCN(Cc3ccc(C)cc3)C4)C2=O)cc1. The van der Waals surface area contributed by atoms with E-state index < -0.39 is 0 Å². The van der Waals surface area contributed by atoms with E-state index >= 15 is 0 Å². The highest BCUT2D eigenvalue weighted by Crippen LogP contribution is 2.43. The number of hydrogen-bond donors (Lipinski definition) is 0. The molecule has 0 fully saturated rings. The van der Waals surface area contributed by atoms with Crippen molar-refractivity contribution in [1.82, 2.24) is 4.90 Å². The van der Waals surface area contributed by atoms with E-state index in [1.54, 1.807) is 6.08 Å². The zero-order valence-electron chi connectivity index (χ0n) is 19.2. The molecule has 3 aromatic rings. The molecule has 0 unspecified atom stereocenters. The predicted octanol–water partition coefficient (Wildman–Crippen LogP) is 5.67. The van der Waals surface area contributed by atoms with Crippen molar-refractivity contribution in [2.75, 3.05) is 13.3 Å². The van der Waals surface area contributed by atoms with Crippen LogP contribution >= 0.6 is 0 Å². The first-order valence-electron chi connectivity index (χ1n) is 11.3. The Balaban J connectivity index is 1.37. The normalized spacial score (nSPS) is 16.2. The number of nitrogens with zero attached hydrogens (tertiary/aromatic N) is 1. The summed E-state index contributed by atoms with van der Waals surface area (Å²) < 4.78 is 17.6. The first-order valence-corrected chi connectivity index (χ1v) is 11.3. The zero-order chi connectivity index (χ0) is 22.9. The average molecular weight is 442 g/mol. The van der Waals surface area contributed by atoms with Crippen molar-refractivity contribution in [3.63, 3.8) is 0 Å². The lowest BCUT2D eigenvalue weighted by Gasteiger charge is -2.30. The quantitative estimate of drug-likeness (QED) is 0.478. The van der Waals surface area contributed by atoms with Gasteiger partial charge in [-0.2, -0.15) is 0 Å². The van der Waals surface area contributed by atoms with Gasteiger partial charge in [0.05, 0.1) is 12.2 Å². The molecule has 33 heavy (non-hydrogen) atoms. The molecule has 0 N–H and O–H groups in total. The summed E-state index contributed by atoms with van der Waals surface area (Å²) in [4.78, 5) is 15.4. The lowest BCUT2D eigenvalue weighted by atomic mass is 9.99. The van der Waals surface area contributed by atoms with E-state index in [0.717, 1.165) is 41.3 Å². The fourth-order valence-corrected chi connectivity index (χ4v) is 4.33. The van der Waals surface area contributed by atoms with E-state index in [9.17, 15) is 4.79 Å². The number of allylic oxidation sites excluding steroid dienone is 1. The fourth-order valence-electron chi connectivity index (χ4n) is 4.33. The Morgan fingerprint density at radius 3 is 2.52 bits per heavy atom. The monoisotopic (exact) mass is 441 g/mol. The van der Waals surface area contributed by atoms with Gasteiger partial charge in [-0.3, -0.25) is 9.69 Å². The van der Waals surface area contributed by atoms with E-state index in [2.05, 4.69) is 36.1 Å². The number of carbonyl (C=O) groups is 1. The lowest BCUT2D eigenvalue weighted by molar-refractivity contribution is 0.0876. The van der Waals surface area contributed by atoms with Gasteiger partial charge in [-0.25, -0.2) is 0 Å². The minimum atomic E-state index is -0.0968. The number of rotatable bonds is 5. The lowest BCUT2D eigenvalue weighted by Crippen LogP contribution is -2.32. The summed E-state index contributed by atoms with van der Waals surface area (Å²) in [6.45, 7) is 8.64. The van der Waals surface area contributed by atoms with Crippen molar-refractivity contribution >= 4 is 11.9 Å². The van der Waals surface area contributed by atoms with Crippen LogP contribution in [0.1, 0.15) is 45.1 Å². The van der Waals surface area contributed by atoms with E-state index in [-0.39, 0.29) is 5.78 Å². The van der Waals surface area contributed by atoms with Crippen LogP contribution in [-0.4, -0.2) is 24.0 Å². The Labute approximate surface area is 194 Å². The summed E-state index contributed by atoms with van der Waals surface area (Å²) in [6, 6.07) is 18.1. The van der Waals surface area contributed by atoms with Crippen molar-refractivity contribution in [3.05, 3.63) is 93.7 Å². The summed E-state index contributed by atoms with van der Waals surface area (Å²) >= 11 is 0. The van der Waals surface area contributed by atoms with Crippen LogP contribution in [-0.2, 0) is 13.1 Å². The van der Waals surface area contributed by atoms with Crippen LogP contribution in [0.15, 0.2) is 60.4 Å². The molecule has 0 saturated heterocycles. The molecular weight excluding hydrogens is 414 g/mol. The molecule has 0 bridgehead atoms. The van der Waals surface area contributed by atoms with Gasteiger partial charge in [0.15, 0.2) is 5.76 Å². The molecule has 0 radical (unpaired) electrons. The summed E-state index contributed by atoms with van der Waals surface area (Å²) in [5, 5.41) is 0. The largest absolute Gasteiger partial charge is 0.494 e. The molecular formula is C28H27NO4. The van der Waals surface area contributed by atoms with Crippen LogP contribution in [0, 0.1) is 13.8 Å². The van der Waals surface area contributed by atoms with Crippen LogP contribution in [0.4, 0.5) is 0 Å². The first-order chi connectivity index (χ1) is 16.0. The Bertz CT molecular complexity index is 1230. The smallest absolute Gasteiger partial charge is 0.231 e. The molecule has 3 aromatic carbocycles. The molecule has 2 heterocycles. The number of aryl methyl sites for hydroxylation is 1. The number of ketones is 1. The van der Waals surface area contributed by atoms with E-state index in [1.165, 1.54) is 11.1 Å². The van der Waals surface area contributed by atoms with Gasteiger partial charge < -0.3 is 14.2 Å². The third-order valence-electron chi connectivity index (χ3n) is 6.02. The maximum Gasteiger partial charge on any atom is 0.231 e. The number of benzene rings is 3.